The molecular formula is C20H20N2O3S. The minimum Gasteiger partial charge on any atom is -0.497 e. The van der Waals surface area contributed by atoms with Crippen LogP contribution in [0.3, 0.4) is 0 Å². The van der Waals surface area contributed by atoms with E-state index >= 15 is 0 Å². The number of thioether (sulfide) groups is 1. The number of benzene rings is 2. The minimum absolute atomic E-state index is 0.0536. The number of ether oxygens (including phenoxy) is 2. The molecule has 5 nitrogen and oxygen atoms in total. The first-order valence-electron chi connectivity index (χ1n) is 8.46. The molecule has 0 fully saturated rings. The zero-order valence-corrected chi connectivity index (χ0v) is 15.7. The Balaban J connectivity index is 1.77. The molecule has 2 aromatic carbocycles. The van der Waals surface area contributed by atoms with Crippen LogP contribution in [0, 0.1) is 5.92 Å². The number of hydrogen-bond donors (Lipinski definition) is 0. The van der Waals surface area contributed by atoms with E-state index in [-0.39, 0.29) is 17.9 Å². The summed E-state index contributed by atoms with van der Waals surface area (Å²) >= 11 is 1.81. The van der Waals surface area contributed by atoms with Crippen LogP contribution in [0.1, 0.15) is 24.1 Å². The Morgan fingerprint density at radius 2 is 1.81 bits per heavy atom. The van der Waals surface area contributed by atoms with Crippen molar-refractivity contribution in [2.45, 2.75) is 17.9 Å². The van der Waals surface area contributed by atoms with Gasteiger partial charge >= 0.3 is 0 Å². The summed E-state index contributed by atoms with van der Waals surface area (Å²) in [5.74, 6) is 2.59. The van der Waals surface area contributed by atoms with Crippen molar-refractivity contribution in [2.75, 3.05) is 20.0 Å². The van der Waals surface area contributed by atoms with Crippen molar-refractivity contribution < 1.29 is 14.3 Å². The Kier molecular flexibility index (Phi) is 4.36. The third kappa shape index (κ3) is 2.74. The summed E-state index contributed by atoms with van der Waals surface area (Å²) in [5, 5.41) is 6.35. The largest absolute Gasteiger partial charge is 0.497 e. The lowest BCUT2D eigenvalue weighted by Crippen LogP contribution is -2.31. The standard InChI is InChI=1S/C20H20N2O3S/c1-12(23)22-20(13-4-6-14(24-2)7-5-13)17-11-26-18-9-8-15(25-3)10-16(18)19(17)21-22/h4-10,17,20H,11H2,1-3H3/t17-,20+/m1/s1. The van der Waals surface area contributed by atoms with Gasteiger partial charge in [0.2, 0.25) is 5.91 Å². The molecule has 0 aliphatic carbocycles. The number of nitrogens with zero attached hydrogens (tertiary/aromatic N) is 2. The molecule has 2 aliphatic heterocycles. The number of hydrogen-bond acceptors (Lipinski definition) is 5. The molecule has 4 rings (SSSR count). The van der Waals surface area contributed by atoms with Crippen LogP contribution in [0.25, 0.3) is 0 Å². The summed E-state index contributed by atoms with van der Waals surface area (Å²) in [5.41, 5.74) is 3.10. The van der Waals surface area contributed by atoms with E-state index in [0.717, 1.165) is 34.1 Å². The van der Waals surface area contributed by atoms with Crippen LogP contribution >= 0.6 is 11.8 Å². The van der Waals surface area contributed by atoms with Crippen LogP contribution in [0.5, 0.6) is 11.5 Å². The molecule has 0 unspecified atom stereocenters. The first-order chi connectivity index (χ1) is 12.6. The van der Waals surface area contributed by atoms with Crippen LogP contribution in [0.2, 0.25) is 0 Å². The van der Waals surface area contributed by atoms with Crippen molar-refractivity contribution in [3.63, 3.8) is 0 Å². The number of hydrazone groups is 1. The van der Waals surface area contributed by atoms with Crippen molar-refractivity contribution in [2.24, 2.45) is 11.0 Å². The van der Waals surface area contributed by atoms with Gasteiger partial charge in [0.05, 0.1) is 26.0 Å². The van der Waals surface area contributed by atoms with Gasteiger partial charge in [0.15, 0.2) is 0 Å². The van der Waals surface area contributed by atoms with Gasteiger partial charge in [-0.15, -0.1) is 11.8 Å². The molecule has 0 saturated carbocycles. The molecule has 2 heterocycles. The van der Waals surface area contributed by atoms with Gasteiger partial charge in [0.25, 0.3) is 0 Å². The average molecular weight is 368 g/mol. The second-order valence-electron chi connectivity index (χ2n) is 6.35. The van der Waals surface area contributed by atoms with Crippen LogP contribution in [0.4, 0.5) is 0 Å². The van der Waals surface area contributed by atoms with E-state index in [4.69, 9.17) is 14.6 Å². The number of rotatable bonds is 3. The average Bonchev–Trinajstić information content (AvgIpc) is 3.08. The van der Waals surface area contributed by atoms with Gasteiger partial charge < -0.3 is 9.47 Å². The molecule has 0 N–H and O–H groups in total. The second-order valence-corrected chi connectivity index (χ2v) is 7.41. The van der Waals surface area contributed by atoms with E-state index < -0.39 is 0 Å². The van der Waals surface area contributed by atoms with E-state index in [1.807, 2.05) is 36.4 Å². The van der Waals surface area contributed by atoms with Crippen LogP contribution in [-0.4, -0.2) is 36.6 Å². The monoisotopic (exact) mass is 368 g/mol. The van der Waals surface area contributed by atoms with Gasteiger partial charge in [-0.05, 0) is 35.9 Å². The van der Waals surface area contributed by atoms with Crippen LogP contribution in [-0.2, 0) is 4.79 Å². The fourth-order valence-electron chi connectivity index (χ4n) is 3.58. The Labute approximate surface area is 157 Å². The Morgan fingerprint density at radius 3 is 2.46 bits per heavy atom. The maximum absolute atomic E-state index is 12.3. The maximum Gasteiger partial charge on any atom is 0.240 e. The van der Waals surface area contributed by atoms with Crippen LogP contribution in [0.15, 0.2) is 52.5 Å². The summed E-state index contributed by atoms with van der Waals surface area (Å²) in [4.78, 5) is 13.5. The number of methoxy groups -OCH3 is 2. The quantitative estimate of drug-likeness (QED) is 0.828. The highest BCUT2D eigenvalue weighted by Gasteiger charge is 2.43. The predicted molar refractivity (Wildman–Crippen MR) is 102 cm³/mol. The third-order valence-electron chi connectivity index (χ3n) is 4.87. The SMILES string of the molecule is COc1ccc([C@H]2[C@@H]3CSc4ccc(OC)cc4C3=NN2C(C)=O)cc1. The van der Waals surface area contributed by atoms with Crippen molar-refractivity contribution >= 4 is 23.4 Å². The maximum atomic E-state index is 12.3. The van der Waals surface area contributed by atoms with Gasteiger partial charge in [-0.3, -0.25) is 4.79 Å². The summed E-state index contributed by atoms with van der Waals surface area (Å²) < 4.78 is 10.6. The summed E-state index contributed by atoms with van der Waals surface area (Å²) in [7, 11) is 3.31. The molecule has 0 saturated heterocycles. The first kappa shape index (κ1) is 17.0. The van der Waals surface area contributed by atoms with E-state index in [2.05, 4.69) is 6.07 Å². The number of carbonyl (C=O) groups is 1. The Morgan fingerprint density at radius 1 is 1.12 bits per heavy atom. The van der Waals surface area contributed by atoms with Gasteiger partial charge in [-0.25, -0.2) is 5.01 Å². The first-order valence-corrected chi connectivity index (χ1v) is 9.44. The Hall–Kier alpha value is -2.47. The third-order valence-corrected chi connectivity index (χ3v) is 6.07. The smallest absolute Gasteiger partial charge is 0.240 e. The van der Waals surface area contributed by atoms with E-state index in [0.29, 0.717) is 0 Å². The van der Waals surface area contributed by atoms with E-state index in [1.165, 1.54) is 4.90 Å². The molecule has 0 spiro atoms. The molecule has 0 radical (unpaired) electrons. The van der Waals surface area contributed by atoms with E-state index in [1.54, 1.807) is 37.9 Å². The van der Waals surface area contributed by atoms with Crippen molar-refractivity contribution in [1.82, 2.24) is 5.01 Å². The van der Waals surface area contributed by atoms with E-state index in [9.17, 15) is 4.79 Å². The van der Waals surface area contributed by atoms with Crippen molar-refractivity contribution in [3.8, 4) is 11.5 Å². The minimum atomic E-state index is -0.0970. The molecule has 134 valence electrons. The molecule has 1 amide bonds. The molecule has 6 heteroatoms. The number of fused-ring (bicyclic) bond motifs is 3. The summed E-state index contributed by atoms with van der Waals surface area (Å²) in [6, 6.07) is 13.8. The molecule has 2 aromatic rings. The van der Waals surface area contributed by atoms with Crippen LogP contribution < -0.4 is 9.47 Å². The van der Waals surface area contributed by atoms with Gasteiger partial charge in [-0.2, -0.15) is 5.10 Å². The molecule has 2 aliphatic rings. The zero-order valence-electron chi connectivity index (χ0n) is 14.9. The molecule has 2 atom stereocenters. The molecule has 0 aromatic heterocycles. The second kappa shape index (κ2) is 6.68. The Bertz CT molecular complexity index is 879. The lowest BCUT2D eigenvalue weighted by atomic mass is 9.88. The fraction of sp³-hybridized carbons (Fsp3) is 0.300. The lowest BCUT2D eigenvalue weighted by molar-refractivity contribution is -0.131. The van der Waals surface area contributed by atoms with Gasteiger partial charge in [0.1, 0.15) is 11.5 Å². The van der Waals surface area contributed by atoms with Gasteiger partial charge in [-0.1, -0.05) is 12.1 Å². The van der Waals surface area contributed by atoms with Crippen molar-refractivity contribution in [3.05, 3.63) is 53.6 Å². The highest BCUT2D eigenvalue weighted by Crippen LogP contribution is 2.46. The molecule has 0 bridgehead atoms. The molecule has 26 heavy (non-hydrogen) atoms. The highest BCUT2D eigenvalue weighted by atomic mass is 32.2. The predicted octanol–water partition coefficient (Wildman–Crippen LogP) is 3.73. The number of amides is 1. The summed E-state index contributed by atoms with van der Waals surface area (Å²) in [6.07, 6.45) is 0. The van der Waals surface area contributed by atoms with Crippen molar-refractivity contribution in [1.29, 1.82) is 0 Å². The van der Waals surface area contributed by atoms with Gasteiger partial charge in [0, 0.05) is 29.1 Å². The molecular weight excluding hydrogens is 348 g/mol. The fourth-order valence-corrected chi connectivity index (χ4v) is 4.76. The normalized spacial score (nSPS) is 20.9. The zero-order chi connectivity index (χ0) is 18.3. The summed E-state index contributed by atoms with van der Waals surface area (Å²) in [6.45, 7) is 1.57. The lowest BCUT2D eigenvalue weighted by Gasteiger charge is -2.29. The topological polar surface area (TPSA) is 51.1 Å². The highest BCUT2D eigenvalue weighted by molar-refractivity contribution is 7.99. The number of carbonyl (C=O) groups excluding carboxylic acids is 1.